The lowest BCUT2D eigenvalue weighted by molar-refractivity contribution is -0.122. The first-order valence-electron chi connectivity index (χ1n) is 5.21. The Labute approximate surface area is 85.9 Å². The van der Waals surface area contributed by atoms with Crippen molar-refractivity contribution in [1.82, 2.24) is 5.32 Å². The summed E-state index contributed by atoms with van der Waals surface area (Å²) in [5.41, 5.74) is 4.52. The average Bonchev–Trinajstić information content (AvgIpc) is 2.16. The Morgan fingerprint density at radius 3 is 2.64 bits per heavy atom. The van der Waals surface area contributed by atoms with Crippen molar-refractivity contribution in [3.05, 3.63) is 0 Å². The fraction of sp³-hybridized carbons (Fsp3) is 0.900. The van der Waals surface area contributed by atoms with Crippen molar-refractivity contribution in [2.24, 2.45) is 5.73 Å². The van der Waals surface area contributed by atoms with Gasteiger partial charge in [0, 0.05) is 13.0 Å². The molecule has 0 saturated carbocycles. The Bertz CT molecular complexity index is 170. The third-order valence-electron chi connectivity index (χ3n) is 2.29. The van der Waals surface area contributed by atoms with Crippen LogP contribution >= 0.6 is 0 Å². The maximum atomic E-state index is 11.2. The van der Waals surface area contributed by atoms with Crippen molar-refractivity contribution in [2.45, 2.75) is 45.1 Å². The smallest absolute Gasteiger partial charge is 0.220 e. The van der Waals surface area contributed by atoms with E-state index in [0.717, 1.165) is 12.8 Å². The number of aliphatic hydroxyl groups is 1. The number of amides is 1. The van der Waals surface area contributed by atoms with Crippen molar-refractivity contribution in [3.8, 4) is 0 Å². The second kappa shape index (κ2) is 6.79. The molecule has 1 atom stereocenters. The molecule has 14 heavy (non-hydrogen) atoms. The van der Waals surface area contributed by atoms with E-state index < -0.39 is 5.60 Å². The van der Waals surface area contributed by atoms with Crippen LogP contribution in [-0.4, -0.2) is 29.7 Å². The van der Waals surface area contributed by atoms with Gasteiger partial charge in [-0.1, -0.05) is 6.92 Å². The molecule has 0 aromatic heterocycles. The predicted molar refractivity (Wildman–Crippen MR) is 56.8 cm³/mol. The molecule has 0 aliphatic heterocycles. The Hall–Kier alpha value is -0.610. The topological polar surface area (TPSA) is 75.3 Å². The first kappa shape index (κ1) is 13.4. The van der Waals surface area contributed by atoms with Gasteiger partial charge in [-0.15, -0.1) is 0 Å². The molecular formula is C10H22N2O2. The molecule has 0 saturated heterocycles. The minimum absolute atomic E-state index is 0.00725. The second-order valence-corrected chi connectivity index (χ2v) is 3.87. The molecule has 0 radical (unpaired) electrons. The summed E-state index contributed by atoms with van der Waals surface area (Å²) in [5.74, 6) is -0.00725. The number of rotatable bonds is 7. The number of nitrogens with one attached hydrogen (secondary N) is 1. The minimum atomic E-state index is -0.788. The number of hydrogen-bond donors (Lipinski definition) is 3. The van der Waals surface area contributed by atoms with Crippen molar-refractivity contribution < 1.29 is 9.90 Å². The van der Waals surface area contributed by atoms with Gasteiger partial charge in [-0.05, 0) is 32.7 Å². The molecule has 0 aromatic rings. The van der Waals surface area contributed by atoms with Gasteiger partial charge in [0.1, 0.15) is 0 Å². The number of nitrogens with two attached hydrogens (primary N) is 1. The van der Waals surface area contributed by atoms with E-state index in [1.54, 1.807) is 6.92 Å². The highest BCUT2D eigenvalue weighted by Crippen LogP contribution is 2.06. The molecule has 4 heteroatoms. The van der Waals surface area contributed by atoms with E-state index in [2.05, 4.69) is 5.32 Å². The molecule has 0 rings (SSSR count). The lowest BCUT2D eigenvalue weighted by Gasteiger charge is -2.21. The monoisotopic (exact) mass is 202 g/mol. The molecule has 0 heterocycles. The van der Waals surface area contributed by atoms with Crippen molar-refractivity contribution in [1.29, 1.82) is 0 Å². The van der Waals surface area contributed by atoms with Gasteiger partial charge in [-0.3, -0.25) is 4.79 Å². The van der Waals surface area contributed by atoms with Crippen molar-refractivity contribution in [2.75, 3.05) is 13.1 Å². The van der Waals surface area contributed by atoms with Crippen LogP contribution in [0.2, 0.25) is 0 Å². The maximum absolute atomic E-state index is 11.2. The Kier molecular flexibility index (Phi) is 6.49. The molecular weight excluding hydrogens is 180 g/mol. The Morgan fingerprint density at radius 2 is 2.14 bits per heavy atom. The first-order valence-corrected chi connectivity index (χ1v) is 5.21. The summed E-state index contributed by atoms with van der Waals surface area (Å²) in [6, 6.07) is 0. The molecule has 0 bridgehead atoms. The summed E-state index contributed by atoms with van der Waals surface area (Å²) in [6.45, 7) is 4.55. The first-order chi connectivity index (χ1) is 6.52. The second-order valence-electron chi connectivity index (χ2n) is 3.87. The summed E-state index contributed by atoms with van der Waals surface area (Å²) in [5, 5.41) is 12.3. The van der Waals surface area contributed by atoms with Crippen LogP contribution in [0, 0.1) is 0 Å². The molecule has 84 valence electrons. The molecule has 0 aliphatic carbocycles. The molecule has 4 N–H and O–H groups in total. The van der Waals surface area contributed by atoms with Crippen LogP contribution in [-0.2, 0) is 4.79 Å². The highest BCUT2D eigenvalue weighted by Gasteiger charge is 2.17. The van der Waals surface area contributed by atoms with Gasteiger partial charge < -0.3 is 16.2 Å². The quantitative estimate of drug-likeness (QED) is 0.523. The van der Waals surface area contributed by atoms with E-state index in [1.807, 2.05) is 6.92 Å². The number of hydrogen-bond acceptors (Lipinski definition) is 3. The van der Waals surface area contributed by atoms with E-state index in [-0.39, 0.29) is 5.91 Å². The van der Waals surface area contributed by atoms with Gasteiger partial charge in [0.2, 0.25) is 5.91 Å². The van der Waals surface area contributed by atoms with Crippen molar-refractivity contribution in [3.63, 3.8) is 0 Å². The van der Waals surface area contributed by atoms with Crippen LogP contribution < -0.4 is 11.1 Å². The minimum Gasteiger partial charge on any atom is -0.388 e. The molecule has 4 nitrogen and oxygen atoms in total. The van der Waals surface area contributed by atoms with Gasteiger partial charge in [-0.25, -0.2) is 0 Å². The van der Waals surface area contributed by atoms with E-state index >= 15 is 0 Å². The van der Waals surface area contributed by atoms with Gasteiger partial charge >= 0.3 is 0 Å². The summed E-state index contributed by atoms with van der Waals surface area (Å²) >= 11 is 0. The molecule has 0 fully saturated rings. The normalized spacial score (nSPS) is 14.9. The predicted octanol–water partition coefficient (Wildman–Crippen LogP) is 0.393. The fourth-order valence-corrected chi connectivity index (χ4v) is 0.932. The molecule has 0 spiro atoms. The standard InChI is InChI=1S/C10H22N2O2/c1-3-10(2,14)8-12-9(13)6-4-5-7-11/h14H,3-8,11H2,1-2H3,(H,12,13). The largest absolute Gasteiger partial charge is 0.388 e. The van der Waals surface area contributed by atoms with E-state index in [9.17, 15) is 9.90 Å². The molecule has 0 aliphatic rings. The molecule has 1 unspecified atom stereocenters. The van der Waals surface area contributed by atoms with Gasteiger partial charge in [0.25, 0.3) is 0 Å². The zero-order valence-corrected chi connectivity index (χ0v) is 9.18. The van der Waals surface area contributed by atoms with Gasteiger partial charge in [0.05, 0.1) is 5.60 Å². The summed E-state index contributed by atoms with van der Waals surface area (Å²) in [6.07, 6.45) is 2.82. The van der Waals surface area contributed by atoms with Gasteiger partial charge in [0.15, 0.2) is 0 Å². The Morgan fingerprint density at radius 1 is 1.50 bits per heavy atom. The van der Waals surface area contributed by atoms with E-state index in [4.69, 9.17) is 5.73 Å². The zero-order chi connectivity index (χ0) is 11.0. The summed E-state index contributed by atoms with van der Waals surface area (Å²) < 4.78 is 0. The van der Waals surface area contributed by atoms with Crippen LogP contribution in [0.25, 0.3) is 0 Å². The van der Waals surface area contributed by atoms with Crippen LogP contribution in [0.3, 0.4) is 0 Å². The van der Waals surface area contributed by atoms with Crippen LogP contribution in [0.5, 0.6) is 0 Å². The fourth-order valence-electron chi connectivity index (χ4n) is 0.932. The number of carbonyl (C=O) groups excluding carboxylic acids is 1. The number of unbranched alkanes of at least 4 members (excludes halogenated alkanes) is 1. The number of carbonyl (C=O) groups is 1. The zero-order valence-electron chi connectivity index (χ0n) is 9.18. The summed E-state index contributed by atoms with van der Waals surface area (Å²) in [7, 11) is 0. The van der Waals surface area contributed by atoms with E-state index in [0.29, 0.717) is 25.9 Å². The third kappa shape index (κ3) is 6.86. The van der Waals surface area contributed by atoms with Gasteiger partial charge in [-0.2, -0.15) is 0 Å². The highest BCUT2D eigenvalue weighted by molar-refractivity contribution is 5.75. The SMILES string of the molecule is CCC(C)(O)CNC(=O)CCCCN. The summed E-state index contributed by atoms with van der Waals surface area (Å²) in [4.78, 5) is 11.2. The lowest BCUT2D eigenvalue weighted by Crippen LogP contribution is -2.40. The molecule has 1 amide bonds. The highest BCUT2D eigenvalue weighted by atomic mass is 16.3. The maximum Gasteiger partial charge on any atom is 0.220 e. The Balaban J connectivity index is 3.53. The van der Waals surface area contributed by atoms with E-state index in [1.165, 1.54) is 0 Å². The average molecular weight is 202 g/mol. The van der Waals surface area contributed by atoms with Crippen LogP contribution in [0.4, 0.5) is 0 Å². The third-order valence-corrected chi connectivity index (χ3v) is 2.29. The van der Waals surface area contributed by atoms with Crippen molar-refractivity contribution >= 4 is 5.91 Å². The van der Waals surface area contributed by atoms with Crippen LogP contribution in [0.15, 0.2) is 0 Å². The van der Waals surface area contributed by atoms with Crippen LogP contribution in [0.1, 0.15) is 39.5 Å². The molecule has 0 aromatic carbocycles. The lowest BCUT2D eigenvalue weighted by atomic mass is 10.0.